The molecule has 2 rings (SSSR count). The molecular weight excluding hydrogens is 282 g/mol. The predicted molar refractivity (Wildman–Crippen MR) is 73.5 cm³/mol. The van der Waals surface area contributed by atoms with Crippen LogP contribution < -0.4 is 0 Å². The highest BCUT2D eigenvalue weighted by molar-refractivity contribution is 6.30. The average Bonchev–Trinajstić information content (AvgIpc) is 2.86. The first kappa shape index (κ1) is 14.6. The SMILES string of the molecule is CC(C)(OCc1cnc(-c2ccc(Cl)cc2)o1)C(=O)O. The quantitative estimate of drug-likeness (QED) is 0.915. The van der Waals surface area contributed by atoms with Gasteiger partial charge >= 0.3 is 5.97 Å². The van der Waals surface area contributed by atoms with Crippen LogP contribution in [0.25, 0.3) is 11.5 Å². The van der Waals surface area contributed by atoms with Gasteiger partial charge in [-0.15, -0.1) is 0 Å². The molecule has 0 saturated heterocycles. The standard InChI is InChI=1S/C14H14ClNO4/c1-14(2,13(17)18)19-8-11-7-16-12(20-11)9-3-5-10(15)6-4-9/h3-7H,8H2,1-2H3,(H,17,18). The average molecular weight is 296 g/mol. The monoisotopic (exact) mass is 295 g/mol. The van der Waals surface area contributed by atoms with E-state index in [1.54, 1.807) is 24.3 Å². The first-order valence-corrected chi connectivity index (χ1v) is 6.34. The van der Waals surface area contributed by atoms with E-state index in [9.17, 15) is 4.79 Å². The number of ether oxygens (including phenoxy) is 1. The number of aromatic nitrogens is 1. The Morgan fingerprint density at radius 3 is 2.65 bits per heavy atom. The molecule has 20 heavy (non-hydrogen) atoms. The Hall–Kier alpha value is -1.85. The fourth-order valence-corrected chi connectivity index (χ4v) is 1.54. The summed E-state index contributed by atoms with van der Waals surface area (Å²) in [4.78, 5) is 15.0. The van der Waals surface area contributed by atoms with E-state index in [0.29, 0.717) is 16.7 Å². The van der Waals surface area contributed by atoms with Gasteiger partial charge in [-0.25, -0.2) is 9.78 Å². The van der Waals surface area contributed by atoms with Gasteiger partial charge in [0.05, 0.1) is 6.20 Å². The number of carboxylic acids is 1. The van der Waals surface area contributed by atoms with Crippen LogP contribution in [0.2, 0.25) is 5.02 Å². The zero-order valence-electron chi connectivity index (χ0n) is 11.1. The minimum Gasteiger partial charge on any atom is -0.479 e. The van der Waals surface area contributed by atoms with Crippen molar-refractivity contribution < 1.29 is 19.1 Å². The molecule has 1 N–H and O–H groups in total. The lowest BCUT2D eigenvalue weighted by molar-refractivity contribution is -0.163. The van der Waals surface area contributed by atoms with Crippen molar-refractivity contribution in [2.75, 3.05) is 0 Å². The minimum atomic E-state index is -1.27. The number of nitrogens with zero attached hydrogens (tertiary/aromatic N) is 1. The van der Waals surface area contributed by atoms with Gasteiger partial charge in [0, 0.05) is 10.6 Å². The topological polar surface area (TPSA) is 72.6 Å². The fourth-order valence-electron chi connectivity index (χ4n) is 1.41. The maximum absolute atomic E-state index is 10.9. The van der Waals surface area contributed by atoms with Crippen LogP contribution in [0.15, 0.2) is 34.9 Å². The van der Waals surface area contributed by atoms with Crippen molar-refractivity contribution in [3.8, 4) is 11.5 Å². The number of halogens is 1. The number of carbonyl (C=O) groups is 1. The second kappa shape index (κ2) is 5.64. The molecule has 0 atom stereocenters. The van der Waals surface area contributed by atoms with E-state index in [1.165, 1.54) is 20.0 Å². The molecule has 0 aliphatic heterocycles. The molecule has 0 spiro atoms. The molecule has 0 amide bonds. The summed E-state index contributed by atoms with van der Waals surface area (Å²) in [6.07, 6.45) is 1.52. The number of hydrogen-bond donors (Lipinski definition) is 1. The number of benzene rings is 1. The maximum atomic E-state index is 10.9. The first-order chi connectivity index (χ1) is 9.38. The van der Waals surface area contributed by atoms with Crippen molar-refractivity contribution in [1.82, 2.24) is 4.98 Å². The lowest BCUT2D eigenvalue weighted by Gasteiger charge is -2.18. The molecule has 0 fully saturated rings. The number of carboxylic acid groups (broad SMARTS) is 1. The summed E-state index contributed by atoms with van der Waals surface area (Å²) in [6.45, 7) is 3.00. The van der Waals surface area contributed by atoms with Crippen LogP contribution in [0.1, 0.15) is 19.6 Å². The molecular formula is C14H14ClNO4. The van der Waals surface area contributed by atoms with E-state index >= 15 is 0 Å². The van der Waals surface area contributed by atoms with E-state index < -0.39 is 11.6 Å². The number of aliphatic carboxylic acids is 1. The highest BCUT2D eigenvalue weighted by Crippen LogP contribution is 2.22. The molecule has 6 heteroatoms. The van der Waals surface area contributed by atoms with Gasteiger partial charge in [0.25, 0.3) is 0 Å². The van der Waals surface area contributed by atoms with Gasteiger partial charge < -0.3 is 14.3 Å². The summed E-state index contributed by atoms with van der Waals surface area (Å²) >= 11 is 5.81. The molecule has 0 bridgehead atoms. The Morgan fingerprint density at radius 1 is 1.40 bits per heavy atom. The molecule has 1 heterocycles. The van der Waals surface area contributed by atoms with Crippen molar-refractivity contribution in [1.29, 1.82) is 0 Å². The Bertz CT molecular complexity index is 604. The molecule has 1 aromatic carbocycles. The normalized spacial score (nSPS) is 11.6. The molecule has 0 saturated carbocycles. The van der Waals surface area contributed by atoms with Crippen LogP contribution in [0.5, 0.6) is 0 Å². The molecule has 0 aliphatic rings. The number of rotatable bonds is 5. The Kier molecular flexibility index (Phi) is 4.11. The van der Waals surface area contributed by atoms with Crippen molar-refractivity contribution >= 4 is 17.6 Å². The lowest BCUT2D eigenvalue weighted by Crippen LogP contribution is -2.34. The predicted octanol–water partition coefficient (Wildman–Crippen LogP) is 3.37. The van der Waals surface area contributed by atoms with Crippen molar-refractivity contribution in [2.24, 2.45) is 0 Å². The van der Waals surface area contributed by atoms with Gasteiger partial charge in [-0.05, 0) is 38.1 Å². The molecule has 0 aliphatic carbocycles. The van der Waals surface area contributed by atoms with Gasteiger partial charge in [0.2, 0.25) is 5.89 Å². The Labute approximate surface area is 121 Å². The maximum Gasteiger partial charge on any atom is 0.335 e. The second-order valence-electron chi connectivity index (χ2n) is 4.74. The van der Waals surface area contributed by atoms with Crippen molar-refractivity contribution in [2.45, 2.75) is 26.1 Å². The summed E-state index contributed by atoms with van der Waals surface area (Å²) < 4.78 is 10.8. The van der Waals surface area contributed by atoms with Crippen LogP contribution in [-0.4, -0.2) is 21.7 Å². The van der Waals surface area contributed by atoms with Crippen LogP contribution in [0, 0.1) is 0 Å². The number of hydrogen-bond acceptors (Lipinski definition) is 4. The summed E-state index contributed by atoms with van der Waals surface area (Å²) in [7, 11) is 0. The van der Waals surface area contributed by atoms with Gasteiger partial charge in [-0.2, -0.15) is 0 Å². The van der Waals surface area contributed by atoms with Crippen LogP contribution in [0.4, 0.5) is 0 Å². The van der Waals surface area contributed by atoms with Crippen molar-refractivity contribution in [3.05, 3.63) is 41.2 Å². The zero-order valence-corrected chi connectivity index (χ0v) is 11.8. The first-order valence-electron chi connectivity index (χ1n) is 5.96. The highest BCUT2D eigenvalue weighted by Gasteiger charge is 2.28. The third kappa shape index (κ3) is 3.37. The highest BCUT2D eigenvalue weighted by atomic mass is 35.5. The van der Waals surface area contributed by atoms with Gasteiger partial charge in [-0.1, -0.05) is 11.6 Å². The summed E-state index contributed by atoms with van der Waals surface area (Å²) in [5, 5.41) is 9.58. The molecule has 1 aromatic heterocycles. The van der Waals surface area contributed by atoms with E-state index in [1.807, 2.05) is 0 Å². The molecule has 5 nitrogen and oxygen atoms in total. The molecule has 0 unspecified atom stereocenters. The fraction of sp³-hybridized carbons (Fsp3) is 0.286. The summed E-state index contributed by atoms with van der Waals surface area (Å²) in [5.41, 5.74) is -0.481. The zero-order chi connectivity index (χ0) is 14.8. The molecule has 2 aromatic rings. The largest absolute Gasteiger partial charge is 0.479 e. The van der Waals surface area contributed by atoms with E-state index in [0.717, 1.165) is 5.56 Å². The van der Waals surface area contributed by atoms with Gasteiger partial charge in [-0.3, -0.25) is 0 Å². The number of oxazole rings is 1. The van der Waals surface area contributed by atoms with Crippen LogP contribution >= 0.6 is 11.6 Å². The smallest absolute Gasteiger partial charge is 0.335 e. The van der Waals surface area contributed by atoms with E-state index in [2.05, 4.69) is 4.98 Å². The van der Waals surface area contributed by atoms with Crippen molar-refractivity contribution in [3.63, 3.8) is 0 Å². The second-order valence-corrected chi connectivity index (χ2v) is 5.18. The minimum absolute atomic E-state index is 0.0416. The van der Waals surface area contributed by atoms with Crippen LogP contribution in [-0.2, 0) is 16.1 Å². The van der Waals surface area contributed by atoms with Crippen LogP contribution in [0.3, 0.4) is 0 Å². The Morgan fingerprint density at radius 2 is 2.05 bits per heavy atom. The molecule has 106 valence electrons. The third-order valence-electron chi connectivity index (χ3n) is 2.74. The van der Waals surface area contributed by atoms with Gasteiger partial charge in [0.15, 0.2) is 11.4 Å². The van der Waals surface area contributed by atoms with E-state index in [4.69, 9.17) is 25.9 Å². The summed E-state index contributed by atoms with van der Waals surface area (Å²) in [6, 6.07) is 7.07. The summed E-state index contributed by atoms with van der Waals surface area (Å²) in [5.74, 6) is -0.132. The molecule has 0 radical (unpaired) electrons. The lowest BCUT2D eigenvalue weighted by atomic mass is 10.1. The van der Waals surface area contributed by atoms with Gasteiger partial charge in [0.1, 0.15) is 6.61 Å². The Balaban J connectivity index is 2.06. The third-order valence-corrected chi connectivity index (χ3v) is 2.99. The van der Waals surface area contributed by atoms with E-state index in [-0.39, 0.29) is 6.61 Å².